The maximum absolute atomic E-state index is 12.6. The molecule has 0 bridgehead atoms. The first-order chi connectivity index (χ1) is 12.2. The number of ether oxygens (including phenoxy) is 2. The molecule has 1 aromatic rings. The predicted octanol–water partition coefficient (Wildman–Crippen LogP) is 2.59. The van der Waals surface area contributed by atoms with E-state index in [9.17, 15) is 9.59 Å². The van der Waals surface area contributed by atoms with E-state index in [1.165, 1.54) is 18.4 Å². The summed E-state index contributed by atoms with van der Waals surface area (Å²) in [6.07, 6.45) is 0. The van der Waals surface area contributed by atoms with Crippen molar-refractivity contribution in [3.8, 4) is 11.8 Å². The van der Waals surface area contributed by atoms with Gasteiger partial charge in [-0.15, -0.1) is 11.3 Å². The van der Waals surface area contributed by atoms with E-state index < -0.39 is 12.0 Å². The van der Waals surface area contributed by atoms with Gasteiger partial charge in [0.05, 0.1) is 30.9 Å². The van der Waals surface area contributed by atoms with Gasteiger partial charge in [-0.2, -0.15) is 0 Å². The van der Waals surface area contributed by atoms with Gasteiger partial charge in [0, 0.05) is 18.5 Å². The van der Waals surface area contributed by atoms with Crippen LogP contribution in [0.1, 0.15) is 42.2 Å². The van der Waals surface area contributed by atoms with Crippen molar-refractivity contribution in [2.24, 2.45) is 5.41 Å². The molecule has 2 rings (SSSR count). The van der Waals surface area contributed by atoms with Crippen molar-refractivity contribution in [1.29, 1.82) is 0 Å². The minimum Gasteiger partial charge on any atom is -0.465 e. The molecular formula is C19H26N2O4S. The van der Waals surface area contributed by atoms with Gasteiger partial charge in [0.1, 0.15) is 10.9 Å². The first-order valence-corrected chi connectivity index (χ1v) is 9.41. The Morgan fingerprint density at radius 3 is 2.58 bits per heavy atom. The average Bonchev–Trinajstić information content (AvgIpc) is 3.01. The lowest BCUT2D eigenvalue weighted by Crippen LogP contribution is -2.47. The van der Waals surface area contributed by atoms with Gasteiger partial charge in [0.25, 0.3) is 0 Å². The largest absolute Gasteiger partial charge is 0.465 e. The highest BCUT2D eigenvalue weighted by Gasteiger charge is 2.25. The number of carbonyl (C=O) groups is 2. The molecule has 0 aromatic carbocycles. The number of nitrogens with one attached hydrogen (secondary N) is 1. The van der Waals surface area contributed by atoms with E-state index in [0.717, 1.165) is 4.88 Å². The minimum atomic E-state index is -0.463. The van der Waals surface area contributed by atoms with Crippen LogP contribution in [-0.2, 0) is 14.3 Å². The van der Waals surface area contributed by atoms with Crippen LogP contribution in [0.15, 0.2) is 6.07 Å². The molecule has 7 heteroatoms. The quantitative estimate of drug-likeness (QED) is 0.644. The van der Waals surface area contributed by atoms with Crippen LogP contribution in [0.4, 0.5) is 5.69 Å². The second-order valence-corrected chi connectivity index (χ2v) is 8.20. The van der Waals surface area contributed by atoms with Crippen molar-refractivity contribution in [3.05, 3.63) is 15.8 Å². The molecule has 1 aliphatic heterocycles. The number of nitrogens with zero attached hydrogens (tertiary/aromatic N) is 1. The Labute approximate surface area is 158 Å². The predicted molar refractivity (Wildman–Crippen MR) is 102 cm³/mol. The van der Waals surface area contributed by atoms with Crippen LogP contribution < -0.4 is 5.32 Å². The molecule has 1 aliphatic rings. The highest BCUT2D eigenvalue weighted by Crippen LogP contribution is 2.29. The molecule has 0 spiro atoms. The molecule has 1 saturated heterocycles. The van der Waals surface area contributed by atoms with Gasteiger partial charge in [-0.05, 0) is 33.8 Å². The lowest BCUT2D eigenvalue weighted by molar-refractivity contribution is -0.135. The smallest absolute Gasteiger partial charge is 0.350 e. The maximum atomic E-state index is 12.6. The first kappa shape index (κ1) is 20.3. The maximum Gasteiger partial charge on any atom is 0.350 e. The number of methoxy groups -OCH3 is 1. The summed E-state index contributed by atoms with van der Waals surface area (Å²) in [5, 5.41) is 3.15. The summed E-state index contributed by atoms with van der Waals surface area (Å²) in [5.41, 5.74) is 0.442. The number of rotatable bonds is 4. The fraction of sp³-hybridized carbons (Fsp3) is 0.579. The fourth-order valence-corrected chi connectivity index (χ4v) is 3.30. The van der Waals surface area contributed by atoms with E-state index >= 15 is 0 Å². The van der Waals surface area contributed by atoms with Crippen LogP contribution in [0.2, 0.25) is 0 Å². The lowest BCUT2D eigenvalue weighted by atomic mass is 9.98. The summed E-state index contributed by atoms with van der Waals surface area (Å²) >= 11 is 1.27. The molecule has 0 saturated carbocycles. The van der Waals surface area contributed by atoms with Gasteiger partial charge in [-0.25, -0.2) is 4.79 Å². The second-order valence-electron chi connectivity index (χ2n) is 7.15. The molecule has 1 fully saturated rings. The van der Waals surface area contributed by atoms with Gasteiger partial charge < -0.3 is 19.7 Å². The number of morpholine rings is 1. The van der Waals surface area contributed by atoms with Gasteiger partial charge in [0.2, 0.25) is 5.91 Å². The summed E-state index contributed by atoms with van der Waals surface area (Å²) in [5.74, 6) is 5.80. The van der Waals surface area contributed by atoms with Crippen LogP contribution in [0.3, 0.4) is 0 Å². The van der Waals surface area contributed by atoms with Crippen molar-refractivity contribution in [2.75, 3.05) is 38.7 Å². The molecule has 26 heavy (non-hydrogen) atoms. The number of hydrogen-bond donors (Lipinski definition) is 1. The molecule has 0 unspecified atom stereocenters. The number of amides is 1. The standard InChI is InChI=1S/C19H26N2O4S/c1-13(17(22)21-8-10-25-11-9-21)20-15-12-14(6-7-19(2,3)4)26-16(15)18(23)24-5/h12-13,20H,8-11H2,1-5H3/t13-/m0/s1. The molecule has 2 heterocycles. The molecule has 1 amide bonds. The van der Waals surface area contributed by atoms with E-state index in [4.69, 9.17) is 9.47 Å². The van der Waals surface area contributed by atoms with Gasteiger partial charge >= 0.3 is 5.97 Å². The average molecular weight is 378 g/mol. The van der Waals surface area contributed by atoms with Crippen molar-refractivity contribution < 1.29 is 19.1 Å². The number of hydrogen-bond acceptors (Lipinski definition) is 6. The molecule has 1 atom stereocenters. The Hall–Kier alpha value is -2.04. The molecule has 142 valence electrons. The van der Waals surface area contributed by atoms with E-state index in [0.29, 0.717) is 36.9 Å². The van der Waals surface area contributed by atoms with Crippen LogP contribution in [0, 0.1) is 17.3 Å². The molecule has 0 radical (unpaired) electrons. The molecule has 1 aromatic heterocycles. The molecule has 0 aliphatic carbocycles. The third-order valence-electron chi connectivity index (χ3n) is 3.73. The highest BCUT2D eigenvalue weighted by molar-refractivity contribution is 7.15. The van der Waals surface area contributed by atoms with E-state index in [1.54, 1.807) is 17.9 Å². The van der Waals surface area contributed by atoms with Crippen LogP contribution in [0.5, 0.6) is 0 Å². The van der Waals surface area contributed by atoms with Crippen LogP contribution in [0.25, 0.3) is 0 Å². The Morgan fingerprint density at radius 2 is 2.00 bits per heavy atom. The third kappa shape index (κ3) is 5.48. The van der Waals surface area contributed by atoms with Crippen molar-refractivity contribution in [3.63, 3.8) is 0 Å². The zero-order valence-corrected chi connectivity index (χ0v) is 16.8. The summed E-state index contributed by atoms with van der Waals surface area (Å²) in [6.45, 7) is 10.1. The fourth-order valence-electron chi connectivity index (χ4n) is 2.41. The zero-order valence-electron chi connectivity index (χ0n) is 16.0. The van der Waals surface area contributed by atoms with Crippen LogP contribution in [-0.4, -0.2) is 56.2 Å². The summed E-state index contributed by atoms with van der Waals surface area (Å²) in [7, 11) is 1.34. The number of carbonyl (C=O) groups excluding carboxylic acids is 2. The number of thiophene rings is 1. The SMILES string of the molecule is COC(=O)c1sc(C#CC(C)(C)C)cc1N[C@@H](C)C(=O)N1CCOCC1. The van der Waals surface area contributed by atoms with Gasteiger partial charge in [-0.3, -0.25) is 4.79 Å². The summed E-state index contributed by atoms with van der Waals surface area (Å²) in [6, 6.07) is 1.34. The van der Waals surface area contributed by atoms with Crippen molar-refractivity contribution >= 4 is 28.9 Å². The first-order valence-electron chi connectivity index (χ1n) is 8.59. The number of anilines is 1. The molecule has 1 N–H and O–H groups in total. The summed E-state index contributed by atoms with van der Waals surface area (Å²) in [4.78, 5) is 27.6. The lowest BCUT2D eigenvalue weighted by Gasteiger charge is -2.29. The Bertz CT molecular complexity index is 718. The van der Waals surface area contributed by atoms with E-state index in [1.807, 2.05) is 20.8 Å². The molecule has 6 nitrogen and oxygen atoms in total. The monoisotopic (exact) mass is 378 g/mol. The topological polar surface area (TPSA) is 67.9 Å². The van der Waals surface area contributed by atoms with E-state index in [2.05, 4.69) is 17.2 Å². The third-order valence-corrected chi connectivity index (χ3v) is 4.76. The van der Waals surface area contributed by atoms with Crippen LogP contribution >= 0.6 is 11.3 Å². The van der Waals surface area contributed by atoms with Gasteiger partial charge in [-0.1, -0.05) is 11.8 Å². The van der Waals surface area contributed by atoms with Crippen molar-refractivity contribution in [1.82, 2.24) is 4.90 Å². The zero-order chi connectivity index (χ0) is 19.3. The normalized spacial score (nSPS) is 15.7. The highest BCUT2D eigenvalue weighted by atomic mass is 32.1. The Morgan fingerprint density at radius 1 is 1.35 bits per heavy atom. The van der Waals surface area contributed by atoms with E-state index in [-0.39, 0.29) is 11.3 Å². The Kier molecular flexibility index (Phi) is 6.68. The van der Waals surface area contributed by atoms with Gasteiger partial charge in [0.15, 0.2) is 0 Å². The molecular weight excluding hydrogens is 352 g/mol. The minimum absolute atomic E-state index is 0.0161. The second kappa shape index (κ2) is 8.56. The Balaban J connectivity index is 2.20. The number of esters is 1. The summed E-state index contributed by atoms with van der Waals surface area (Å²) < 4.78 is 10.1. The van der Waals surface area contributed by atoms with Crippen molar-refractivity contribution in [2.45, 2.75) is 33.7 Å².